The van der Waals surface area contributed by atoms with Gasteiger partial charge in [-0.25, -0.2) is 9.97 Å². The lowest BCUT2D eigenvalue weighted by Crippen LogP contribution is -2.29. The summed E-state index contributed by atoms with van der Waals surface area (Å²) < 4.78 is 5.11. The molecule has 5 heteroatoms. The van der Waals surface area contributed by atoms with E-state index in [-0.39, 0.29) is 0 Å². The van der Waals surface area contributed by atoms with Crippen LogP contribution in [-0.4, -0.2) is 30.2 Å². The zero-order valence-electron chi connectivity index (χ0n) is 11.5. The number of nitrogens with two attached hydrogens (primary N) is 1. The Hall–Kier alpha value is -1.36. The molecule has 0 saturated heterocycles. The Bertz CT molecular complexity index is 429. The van der Waals surface area contributed by atoms with E-state index >= 15 is 0 Å². The lowest BCUT2D eigenvalue weighted by molar-refractivity contribution is 0.178. The molecule has 1 heterocycles. The van der Waals surface area contributed by atoms with E-state index in [4.69, 9.17) is 10.5 Å². The van der Waals surface area contributed by atoms with Crippen molar-refractivity contribution in [2.75, 3.05) is 30.8 Å². The second kappa shape index (κ2) is 5.33. The lowest BCUT2D eigenvalue weighted by Gasteiger charge is -2.24. The minimum atomic E-state index is 0.415. The Morgan fingerprint density at radius 2 is 1.84 bits per heavy atom. The van der Waals surface area contributed by atoms with Gasteiger partial charge in [-0.1, -0.05) is 0 Å². The van der Waals surface area contributed by atoms with Crippen molar-refractivity contribution >= 4 is 11.6 Å². The van der Waals surface area contributed by atoms with E-state index in [0.29, 0.717) is 18.2 Å². The highest BCUT2D eigenvalue weighted by atomic mass is 16.5. The summed E-state index contributed by atoms with van der Waals surface area (Å²) >= 11 is 0. The normalized spacial score (nSPS) is 18.6. The van der Waals surface area contributed by atoms with Gasteiger partial charge >= 0.3 is 0 Å². The molecule has 104 valence electrons. The van der Waals surface area contributed by atoms with Crippen molar-refractivity contribution in [1.29, 1.82) is 0 Å². The molecular formula is C14H22N4O. The third-order valence-corrected chi connectivity index (χ3v) is 3.73. The minimum absolute atomic E-state index is 0.415. The zero-order chi connectivity index (χ0) is 13.2. The molecule has 19 heavy (non-hydrogen) atoms. The summed E-state index contributed by atoms with van der Waals surface area (Å²) in [5.41, 5.74) is 5.89. The van der Waals surface area contributed by atoms with E-state index < -0.39 is 0 Å². The van der Waals surface area contributed by atoms with Crippen molar-refractivity contribution in [3.05, 3.63) is 11.9 Å². The molecule has 2 N–H and O–H groups in total. The Morgan fingerprint density at radius 3 is 2.37 bits per heavy atom. The van der Waals surface area contributed by atoms with Gasteiger partial charge in [-0.05, 0) is 37.5 Å². The van der Waals surface area contributed by atoms with Crippen molar-refractivity contribution in [2.45, 2.75) is 32.3 Å². The Labute approximate surface area is 114 Å². The maximum Gasteiger partial charge on any atom is 0.158 e. The first-order chi connectivity index (χ1) is 9.24. The summed E-state index contributed by atoms with van der Waals surface area (Å²) in [6.45, 7) is 2.64. The molecule has 0 atom stereocenters. The Balaban J connectivity index is 1.77. The lowest BCUT2D eigenvalue weighted by atomic mass is 10.3. The molecule has 2 aliphatic carbocycles. The zero-order valence-corrected chi connectivity index (χ0v) is 11.5. The molecule has 0 unspecified atom stereocenters. The molecule has 0 amide bonds. The van der Waals surface area contributed by atoms with Crippen molar-refractivity contribution in [3.63, 3.8) is 0 Å². The molecule has 5 nitrogen and oxygen atoms in total. The van der Waals surface area contributed by atoms with Gasteiger partial charge in [0.05, 0.1) is 0 Å². The SMILES string of the molecule is COCc1nc(N)cc(N(CC2CC2)CC2CC2)n1. The topological polar surface area (TPSA) is 64.3 Å². The van der Waals surface area contributed by atoms with Crippen LogP contribution in [0, 0.1) is 11.8 Å². The summed E-state index contributed by atoms with van der Waals surface area (Å²) in [7, 11) is 1.65. The Morgan fingerprint density at radius 1 is 1.21 bits per heavy atom. The molecule has 0 aliphatic heterocycles. The molecule has 0 aromatic carbocycles. The van der Waals surface area contributed by atoms with Crippen LogP contribution in [0.15, 0.2) is 6.07 Å². The van der Waals surface area contributed by atoms with Gasteiger partial charge in [0.15, 0.2) is 5.82 Å². The first-order valence-corrected chi connectivity index (χ1v) is 7.12. The fourth-order valence-electron chi connectivity index (χ4n) is 2.34. The van der Waals surface area contributed by atoms with Crippen molar-refractivity contribution < 1.29 is 4.74 Å². The number of nitrogens with zero attached hydrogens (tertiary/aromatic N) is 3. The molecule has 0 radical (unpaired) electrons. The van der Waals surface area contributed by atoms with E-state index in [1.54, 1.807) is 7.11 Å². The molecule has 3 rings (SSSR count). The standard InChI is InChI=1S/C14H22N4O/c1-19-9-13-16-12(15)6-14(17-13)18(7-10-2-3-10)8-11-4-5-11/h6,10-11H,2-5,7-9H2,1H3,(H2,15,16,17). The number of anilines is 2. The number of methoxy groups -OCH3 is 1. The number of aromatic nitrogens is 2. The van der Waals surface area contributed by atoms with E-state index in [0.717, 1.165) is 30.7 Å². The van der Waals surface area contributed by atoms with Crippen molar-refractivity contribution in [3.8, 4) is 0 Å². The largest absolute Gasteiger partial charge is 0.384 e. The summed E-state index contributed by atoms with van der Waals surface area (Å²) in [6, 6.07) is 1.89. The van der Waals surface area contributed by atoms with Gasteiger partial charge in [0, 0.05) is 26.3 Å². The fourth-order valence-corrected chi connectivity index (χ4v) is 2.34. The summed E-state index contributed by atoms with van der Waals surface area (Å²) in [5, 5.41) is 0. The van der Waals surface area contributed by atoms with E-state index in [2.05, 4.69) is 14.9 Å². The van der Waals surface area contributed by atoms with Gasteiger partial charge in [-0.15, -0.1) is 0 Å². The quantitative estimate of drug-likeness (QED) is 0.812. The average Bonchev–Trinajstić information content (AvgIpc) is 3.22. The smallest absolute Gasteiger partial charge is 0.158 e. The van der Waals surface area contributed by atoms with Crippen LogP contribution in [0.2, 0.25) is 0 Å². The van der Waals surface area contributed by atoms with Gasteiger partial charge in [0.1, 0.15) is 18.2 Å². The highest BCUT2D eigenvalue weighted by Gasteiger charge is 2.30. The third-order valence-electron chi connectivity index (χ3n) is 3.73. The first-order valence-electron chi connectivity index (χ1n) is 7.12. The number of hydrogen-bond donors (Lipinski definition) is 1. The highest BCUT2D eigenvalue weighted by molar-refractivity contribution is 5.47. The predicted octanol–water partition coefficient (Wildman–Crippen LogP) is 1.83. The second-order valence-corrected chi connectivity index (χ2v) is 5.79. The number of ether oxygens (including phenoxy) is 1. The molecular weight excluding hydrogens is 240 g/mol. The summed E-state index contributed by atoms with van der Waals surface area (Å²) in [5.74, 6) is 3.88. The van der Waals surface area contributed by atoms with Gasteiger partial charge in [-0.2, -0.15) is 0 Å². The molecule has 0 spiro atoms. The van der Waals surface area contributed by atoms with E-state index in [1.807, 2.05) is 6.07 Å². The van der Waals surface area contributed by atoms with Gasteiger partial charge < -0.3 is 15.4 Å². The number of rotatable bonds is 7. The van der Waals surface area contributed by atoms with Gasteiger partial charge in [0.2, 0.25) is 0 Å². The van der Waals surface area contributed by atoms with Crippen molar-refractivity contribution in [2.24, 2.45) is 11.8 Å². The molecule has 1 aromatic rings. The van der Waals surface area contributed by atoms with Gasteiger partial charge in [0.25, 0.3) is 0 Å². The van der Waals surface area contributed by atoms with Crippen LogP contribution >= 0.6 is 0 Å². The molecule has 1 aromatic heterocycles. The monoisotopic (exact) mass is 262 g/mol. The average molecular weight is 262 g/mol. The van der Waals surface area contributed by atoms with E-state index in [1.165, 1.54) is 25.7 Å². The fraction of sp³-hybridized carbons (Fsp3) is 0.714. The predicted molar refractivity (Wildman–Crippen MR) is 74.8 cm³/mol. The van der Waals surface area contributed by atoms with Crippen LogP contribution in [0.1, 0.15) is 31.5 Å². The Kier molecular flexibility index (Phi) is 3.55. The van der Waals surface area contributed by atoms with Gasteiger partial charge in [-0.3, -0.25) is 0 Å². The minimum Gasteiger partial charge on any atom is -0.384 e. The van der Waals surface area contributed by atoms with Crippen LogP contribution in [0.5, 0.6) is 0 Å². The second-order valence-electron chi connectivity index (χ2n) is 5.79. The number of hydrogen-bond acceptors (Lipinski definition) is 5. The van der Waals surface area contributed by atoms with Crippen LogP contribution < -0.4 is 10.6 Å². The summed E-state index contributed by atoms with van der Waals surface area (Å²) in [4.78, 5) is 11.2. The van der Waals surface area contributed by atoms with Crippen LogP contribution in [0.3, 0.4) is 0 Å². The molecule has 2 aliphatic rings. The maximum atomic E-state index is 5.89. The third kappa shape index (κ3) is 3.56. The van der Waals surface area contributed by atoms with Crippen LogP contribution in [0.4, 0.5) is 11.6 Å². The molecule has 2 saturated carbocycles. The van der Waals surface area contributed by atoms with Crippen LogP contribution in [0.25, 0.3) is 0 Å². The molecule has 2 fully saturated rings. The van der Waals surface area contributed by atoms with Crippen molar-refractivity contribution in [1.82, 2.24) is 9.97 Å². The highest BCUT2D eigenvalue weighted by Crippen LogP contribution is 2.35. The van der Waals surface area contributed by atoms with E-state index in [9.17, 15) is 0 Å². The summed E-state index contributed by atoms with van der Waals surface area (Å²) in [6.07, 6.45) is 5.42. The maximum absolute atomic E-state index is 5.89. The number of nitrogen functional groups attached to an aromatic ring is 1. The van der Waals surface area contributed by atoms with Crippen LogP contribution in [-0.2, 0) is 11.3 Å². The molecule has 0 bridgehead atoms. The first kappa shape index (κ1) is 12.7.